The molecule has 2 aliphatic carbocycles. The minimum absolute atomic E-state index is 0.0400. The second kappa shape index (κ2) is 8.08. The fraction of sp³-hybridized carbons (Fsp3) is 0.0435. The average molecular weight is 432 g/mol. The number of Topliss-reactive ketones (excluding diaryl/α,β-unsaturated/α-hetero) is 1. The molecular weight excluding hydrogens is 416 g/mol. The highest BCUT2D eigenvalue weighted by atomic mass is 32.2. The van der Waals surface area contributed by atoms with Crippen LogP contribution in [0.4, 0.5) is 0 Å². The molecule has 0 aromatic heterocycles. The molecule has 0 unspecified atom stereocenters. The average Bonchev–Trinajstić information content (AvgIpc) is 2.76. The molecule has 154 valence electrons. The number of hydrogen-bond acceptors (Lipinski definition) is 6. The molecule has 2 aromatic carbocycles. The molecule has 0 fully saturated rings. The number of carbonyl (C=O) groups is 2. The maximum atomic E-state index is 12.8. The Morgan fingerprint density at radius 3 is 2.16 bits per heavy atom. The smallest absolute Gasteiger partial charge is 0.282 e. The minimum Gasteiger partial charge on any atom is -0.352 e. The summed E-state index contributed by atoms with van der Waals surface area (Å²) < 4.78 is 29.6. The second-order valence-electron chi connectivity index (χ2n) is 6.82. The van der Waals surface area contributed by atoms with Crippen molar-refractivity contribution >= 4 is 33.0 Å². The highest BCUT2D eigenvalue weighted by Gasteiger charge is 2.27. The highest BCUT2D eigenvalue weighted by molar-refractivity contribution is 7.90. The lowest BCUT2D eigenvalue weighted by atomic mass is 9.93. The van der Waals surface area contributed by atoms with E-state index in [1.165, 1.54) is 42.5 Å². The monoisotopic (exact) mass is 432 g/mol. The molecule has 0 spiro atoms. The van der Waals surface area contributed by atoms with Crippen LogP contribution in [-0.4, -0.2) is 31.4 Å². The van der Waals surface area contributed by atoms with E-state index in [-0.39, 0.29) is 27.7 Å². The van der Waals surface area contributed by atoms with Crippen LogP contribution in [0.2, 0.25) is 0 Å². The van der Waals surface area contributed by atoms with E-state index in [2.05, 4.69) is 9.55 Å². The Kier molecular flexibility index (Phi) is 5.31. The highest BCUT2D eigenvalue weighted by Crippen LogP contribution is 2.25. The lowest BCUT2D eigenvalue weighted by Crippen LogP contribution is -2.19. The zero-order chi connectivity index (χ0) is 22.0. The SMILES string of the molecule is Cc1ccc(S(=O)(=O)/N=C2\C=C(ON=C3C=CC(=O)C=C3)C(=O)c3ccccc32)cc1. The number of sulfonamides is 1. The van der Waals surface area contributed by atoms with Crippen LogP contribution in [0, 0.1) is 6.92 Å². The summed E-state index contributed by atoms with van der Waals surface area (Å²) in [6.07, 6.45) is 6.77. The van der Waals surface area contributed by atoms with Gasteiger partial charge in [-0.05, 0) is 43.4 Å². The summed E-state index contributed by atoms with van der Waals surface area (Å²) in [5.74, 6) is -0.814. The van der Waals surface area contributed by atoms with Gasteiger partial charge in [-0.3, -0.25) is 9.59 Å². The Labute approximate surface area is 178 Å². The zero-order valence-corrected chi connectivity index (χ0v) is 17.2. The van der Waals surface area contributed by atoms with Crippen molar-refractivity contribution in [2.24, 2.45) is 9.55 Å². The molecule has 4 rings (SSSR count). The molecule has 0 radical (unpaired) electrons. The number of carbonyl (C=O) groups excluding carboxylic acids is 2. The standard InChI is InChI=1S/C23H16N2O5S/c1-15-6-12-18(13-7-15)31(28,29)25-21-14-22(23(27)20-5-3-2-4-19(20)21)30-24-16-8-10-17(26)11-9-16/h2-14H,1H3/b25-21+. The van der Waals surface area contributed by atoms with Crippen molar-refractivity contribution in [3.05, 3.63) is 101 Å². The predicted octanol–water partition coefficient (Wildman–Crippen LogP) is 3.32. The van der Waals surface area contributed by atoms with E-state index < -0.39 is 15.8 Å². The van der Waals surface area contributed by atoms with Crippen LogP contribution in [0.3, 0.4) is 0 Å². The summed E-state index contributed by atoms with van der Waals surface area (Å²) in [7, 11) is -4.02. The topological polar surface area (TPSA) is 102 Å². The molecule has 2 aromatic rings. The van der Waals surface area contributed by atoms with Gasteiger partial charge in [-0.2, -0.15) is 12.8 Å². The number of hydrogen-bond donors (Lipinski definition) is 0. The molecule has 7 nitrogen and oxygen atoms in total. The van der Waals surface area contributed by atoms with Crippen molar-refractivity contribution in [3.63, 3.8) is 0 Å². The van der Waals surface area contributed by atoms with Gasteiger partial charge >= 0.3 is 0 Å². The van der Waals surface area contributed by atoms with E-state index >= 15 is 0 Å². The normalized spacial score (nSPS) is 16.9. The van der Waals surface area contributed by atoms with Crippen molar-refractivity contribution in [2.75, 3.05) is 0 Å². The van der Waals surface area contributed by atoms with Gasteiger partial charge in [0.2, 0.25) is 11.5 Å². The lowest BCUT2D eigenvalue weighted by Gasteiger charge is -2.16. The van der Waals surface area contributed by atoms with Gasteiger partial charge in [-0.25, -0.2) is 0 Å². The molecule has 0 N–H and O–H groups in total. The second-order valence-corrected chi connectivity index (χ2v) is 8.43. The number of ketones is 2. The molecule has 0 heterocycles. The van der Waals surface area contributed by atoms with Gasteiger partial charge < -0.3 is 4.84 Å². The maximum absolute atomic E-state index is 12.8. The number of aryl methyl sites for hydroxylation is 1. The van der Waals surface area contributed by atoms with E-state index in [1.807, 2.05) is 6.92 Å². The summed E-state index contributed by atoms with van der Waals surface area (Å²) in [4.78, 5) is 29.4. The van der Waals surface area contributed by atoms with Gasteiger partial charge in [0.05, 0.1) is 10.6 Å². The van der Waals surface area contributed by atoms with Gasteiger partial charge in [-0.1, -0.05) is 47.1 Å². The molecule has 0 saturated carbocycles. The number of rotatable bonds is 4. The quantitative estimate of drug-likeness (QED) is 0.545. The molecule has 31 heavy (non-hydrogen) atoms. The van der Waals surface area contributed by atoms with Gasteiger partial charge in [0.1, 0.15) is 5.71 Å². The molecule has 2 aliphatic rings. The van der Waals surface area contributed by atoms with Crippen molar-refractivity contribution in [1.82, 2.24) is 0 Å². The Bertz CT molecular complexity index is 1330. The molecule has 0 saturated heterocycles. The van der Waals surface area contributed by atoms with Crippen LogP contribution in [0.5, 0.6) is 0 Å². The summed E-state index contributed by atoms with van der Waals surface area (Å²) in [5.41, 5.74) is 1.95. The van der Waals surface area contributed by atoms with Gasteiger partial charge in [0.15, 0.2) is 5.78 Å². The Hall–Kier alpha value is -3.91. The number of fused-ring (bicyclic) bond motifs is 1. The summed E-state index contributed by atoms with van der Waals surface area (Å²) in [5, 5.41) is 3.86. The van der Waals surface area contributed by atoms with E-state index in [9.17, 15) is 18.0 Å². The summed E-state index contributed by atoms with van der Waals surface area (Å²) >= 11 is 0. The molecule has 0 atom stereocenters. The Morgan fingerprint density at radius 1 is 0.839 bits per heavy atom. The number of benzene rings is 2. The Morgan fingerprint density at radius 2 is 1.48 bits per heavy atom. The minimum atomic E-state index is -4.02. The zero-order valence-electron chi connectivity index (χ0n) is 16.3. The van der Waals surface area contributed by atoms with E-state index in [1.54, 1.807) is 36.4 Å². The van der Waals surface area contributed by atoms with Crippen molar-refractivity contribution < 1.29 is 22.8 Å². The van der Waals surface area contributed by atoms with Gasteiger partial charge in [0, 0.05) is 17.2 Å². The van der Waals surface area contributed by atoms with Crippen LogP contribution >= 0.6 is 0 Å². The fourth-order valence-electron chi connectivity index (χ4n) is 2.95. The predicted molar refractivity (Wildman–Crippen MR) is 116 cm³/mol. The van der Waals surface area contributed by atoms with Crippen molar-refractivity contribution in [3.8, 4) is 0 Å². The third kappa shape index (κ3) is 4.34. The fourth-order valence-corrected chi connectivity index (χ4v) is 3.94. The van der Waals surface area contributed by atoms with Crippen LogP contribution in [0.25, 0.3) is 0 Å². The van der Waals surface area contributed by atoms with Gasteiger partial charge in [-0.15, -0.1) is 0 Å². The first-order valence-electron chi connectivity index (χ1n) is 9.26. The largest absolute Gasteiger partial charge is 0.352 e. The van der Waals surface area contributed by atoms with E-state index in [0.717, 1.165) is 5.56 Å². The number of nitrogens with zero attached hydrogens (tertiary/aromatic N) is 2. The summed E-state index contributed by atoms with van der Waals surface area (Å²) in [6.45, 7) is 1.85. The van der Waals surface area contributed by atoms with Crippen molar-refractivity contribution in [2.45, 2.75) is 11.8 Å². The first-order chi connectivity index (χ1) is 14.8. The number of oxime groups is 1. The van der Waals surface area contributed by atoms with Crippen molar-refractivity contribution in [1.29, 1.82) is 0 Å². The van der Waals surface area contributed by atoms with Crippen LogP contribution in [-0.2, 0) is 19.7 Å². The summed E-state index contributed by atoms with van der Waals surface area (Å²) in [6, 6.07) is 12.9. The third-order valence-corrected chi connectivity index (χ3v) is 5.87. The van der Waals surface area contributed by atoms with E-state index in [4.69, 9.17) is 4.84 Å². The number of allylic oxidation sites excluding steroid dienone is 6. The molecular formula is C23H16N2O5S. The molecule has 0 amide bonds. The van der Waals surface area contributed by atoms with Gasteiger partial charge in [0.25, 0.3) is 10.0 Å². The van der Waals surface area contributed by atoms with Crippen LogP contribution in [0.15, 0.2) is 99.1 Å². The molecule has 8 heteroatoms. The molecule has 0 aliphatic heterocycles. The lowest BCUT2D eigenvalue weighted by molar-refractivity contribution is -0.110. The maximum Gasteiger partial charge on any atom is 0.282 e. The Balaban J connectivity index is 1.75. The third-order valence-electron chi connectivity index (χ3n) is 4.56. The molecule has 0 bridgehead atoms. The van der Waals surface area contributed by atoms with Crippen LogP contribution < -0.4 is 0 Å². The first kappa shape index (κ1) is 20.4. The van der Waals surface area contributed by atoms with E-state index in [0.29, 0.717) is 11.3 Å². The first-order valence-corrected chi connectivity index (χ1v) is 10.7. The van der Waals surface area contributed by atoms with Crippen LogP contribution in [0.1, 0.15) is 21.5 Å².